The Kier molecular flexibility index (Phi) is 8.16. The van der Waals surface area contributed by atoms with Crippen molar-refractivity contribution in [3.8, 4) is 34.1 Å². The van der Waals surface area contributed by atoms with Gasteiger partial charge >= 0.3 is 0 Å². The number of carbonyl (C=O) groups is 1. The van der Waals surface area contributed by atoms with E-state index in [4.69, 9.17) is 9.47 Å². The van der Waals surface area contributed by atoms with Crippen LogP contribution >= 0.6 is 0 Å². The fourth-order valence-corrected chi connectivity index (χ4v) is 6.92. The van der Waals surface area contributed by atoms with Crippen LogP contribution in [0.3, 0.4) is 0 Å². The van der Waals surface area contributed by atoms with Gasteiger partial charge in [-0.2, -0.15) is 0 Å². The molecular weight excluding hydrogens is 585 g/mol. The van der Waals surface area contributed by atoms with E-state index in [9.17, 15) is 9.59 Å². The highest BCUT2D eigenvalue weighted by Crippen LogP contribution is 2.49. The normalized spacial score (nSPS) is 16.4. The summed E-state index contributed by atoms with van der Waals surface area (Å²) in [5.74, 6) is 0.258. The largest absolute Gasteiger partial charge is 0.488 e. The minimum Gasteiger partial charge on any atom is -0.488 e. The van der Waals surface area contributed by atoms with Gasteiger partial charge in [0.1, 0.15) is 29.1 Å². The van der Waals surface area contributed by atoms with E-state index < -0.39 is 17.2 Å². The molecule has 1 unspecified atom stereocenters. The minimum absolute atomic E-state index is 0.0438. The lowest BCUT2D eigenvalue weighted by atomic mass is 9.95. The van der Waals surface area contributed by atoms with Crippen molar-refractivity contribution in [1.82, 2.24) is 19.7 Å². The van der Waals surface area contributed by atoms with Gasteiger partial charge < -0.3 is 34.5 Å². The standard InChI is InChI=1S/C36H40FN5O4/c1-40(2)15-7-6-13-39-36(44)27-20-42-29-18-25-24-11-5-4-9-22(24)21-45-30(25)19-31(29)46-35-32(28(37)17-26(33(35)42)34(27)43)38-14-12-23-10-8-16-41(23)3/h4-5,9,11,17-20,23,38H,6-8,10,12-16,21H2,1-3H3,(H,39,44). The summed E-state index contributed by atoms with van der Waals surface area (Å²) in [6, 6.07) is 13.5. The molecular formula is C36H40FN5O4. The van der Waals surface area contributed by atoms with Crippen LogP contribution in [0.1, 0.15) is 48.0 Å². The number of amides is 1. The van der Waals surface area contributed by atoms with Crippen LogP contribution in [0.15, 0.2) is 53.5 Å². The molecule has 0 radical (unpaired) electrons. The SMILES string of the molecule is CN(C)CCCCNC(=O)c1cn2c3c(c(NCCC4CCCN4C)c(F)cc3c1=O)Oc1cc3c(cc1-2)-c1ccccc1CO3. The molecule has 2 N–H and O–H groups in total. The number of benzene rings is 3. The third-order valence-electron chi connectivity index (χ3n) is 9.43. The first kappa shape index (κ1) is 30.3. The van der Waals surface area contributed by atoms with Crippen molar-refractivity contribution in [1.29, 1.82) is 0 Å². The van der Waals surface area contributed by atoms with Gasteiger partial charge in [-0.05, 0) is 89.6 Å². The molecule has 7 rings (SSSR count). The third-order valence-corrected chi connectivity index (χ3v) is 9.43. The Bertz CT molecular complexity index is 1890. The summed E-state index contributed by atoms with van der Waals surface area (Å²) in [4.78, 5) is 31.7. The van der Waals surface area contributed by atoms with Crippen LogP contribution in [0.4, 0.5) is 10.1 Å². The smallest absolute Gasteiger partial charge is 0.256 e. The maximum Gasteiger partial charge on any atom is 0.256 e. The fourth-order valence-electron chi connectivity index (χ4n) is 6.92. The number of pyridine rings is 1. The van der Waals surface area contributed by atoms with E-state index >= 15 is 4.39 Å². The molecule has 1 atom stereocenters. The van der Waals surface area contributed by atoms with E-state index in [1.807, 2.05) is 44.4 Å². The number of hydrogen-bond acceptors (Lipinski definition) is 7. The summed E-state index contributed by atoms with van der Waals surface area (Å²) < 4.78 is 30.3. The lowest BCUT2D eigenvalue weighted by molar-refractivity contribution is 0.0951. The van der Waals surface area contributed by atoms with Gasteiger partial charge in [-0.25, -0.2) is 4.39 Å². The van der Waals surface area contributed by atoms with Crippen molar-refractivity contribution in [3.63, 3.8) is 0 Å². The van der Waals surface area contributed by atoms with Gasteiger partial charge in [0.15, 0.2) is 17.3 Å². The first-order valence-corrected chi connectivity index (χ1v) is 16.2. The van der Waals surface area contributed by atoms with Crippen LogP contribution in [0.2, 0.25) is 0 Å². The molecule has 0 bridgehead atoms. The predicted octanol–water partition coefficient (Wildman–Crippen LogP) is 5.76. The van der Waals surface area contributed by atoms with E-state index in [-0.39, 0.29) is 22.4 Å². The zero-order chi connectivity index (χ0) is 31.9. The van der Waals surface area contributed by atoms with E-state index in [1.54, 1.807) is 10.8 Å². The highest BCUT2D eigenvalue weighted by Gasteiger charge is 2.31. The van der Waals surface area contributed by atoms with Gasteiger partial charge in [0.05, 0.1) is 11.1 Å². The molecule has 3 aliphatic rings. The molecule has 10 heteroatoms. The first-order chi connectivity index (χ1) is 22.3. The number of unbranched alkanes of at least 4 members (excludes halogenated alkanes) is 1. The average Bonchev–Trinajstić information content (AvgIpc) is 3.46. The molecule has 0 spiro atoms. The van der Waals surface area contributed by atoms with Gasteiger partial charge in [-0.15, -0.1) is 0 Å². The quantitative estimate of drug-likeness (QED) is 0.191. The molecule has 46 heavy (non-hydrogen) atoms. The Morgan fingerprint density at radius 2 is 1.93 bits per heavy atom. The summed E-state index contributed by atoms with van der Waals surface area (Å²) in [7, 11) is 6.13. The minimum atomic E-state index is -0.598. The van der Waals surface area contributed by atoms with Gasteiger partial charge in [0.2, 0.25) is 5.43 Å². The monoisotopic (exact) mass is 625 g/mol. The molecule has 4 aromatic rings. The molecule has 240 valence electrons. The van der Waals surface area contributed by atoms with E-state index in [0.29, 0.717) is 48.4 Å². The molecule has 1 fully saturated rings. The zero-order valence-corrected chi connectivity index (χ0v) is 26.6. The van der Waals surface area contributed by atoms with Crippen LogP contribution in [-0.2, 0) is 6.61 Å². The van der Waals surface area contributed by atoms with Crippen molar-refractivity contribution in [2.45, 2.75) is 44.8 Å². The van der Waals surface area contributed by atoms with Gasteiger partial charge in [0, 0.05) is 37.0 Å². The molecule has 3 aromatic carbocycles. The van der Waals surface area contributed by atoms with Crippen LogP contribution in [-0.4, -0.2) is 73.6 Å². The molecule has 1 aromatic heterocycles. The van der Waals surface area contributed by atoms with Crippen LogP contribution in [0, 0.1) is 5.82 Å². The van der Waals surface area contributed by atoms with Crippen molar-refractivity contribution in [2.24, 2.45) is 0 Å². The highest BCUT2D eigenvalue weighted by molar-refractivity contribution is 6.01. The number of nitrogens with one attached hydrogen (secondary N) is 2. The number of hydrogen-bond donors (Lipinski definition) is 2. The number of anilines is 1. The molecule has 0 aliphatic carbocycles. The average molecular weight is 626 g/mol. The van der Waals surface area contributed by atoms with Gasteiger partial charge in [-0.1, -0.05) is 24.3 Å². The number of carbonyl (C=O) groups excluding carboxylic acids is 1. The maximum atomic E-state index is 15.9. The van der Waals surface area contributed by atoms with Crippen LogP contribution in [0.25, 0.3) is 27.7 Å². The molecule has 3 aliphatic heterocycles. The van der Waals surface area contributed by atoms with Crippen LogP contribution < -0.4 is 25.5 Å². The van der Waals surface area contributed by atoms with Gasteiger partial charge in [0.25, 0.3) is 5.91 Å². The Hall–Kier alpha value is -4.41. The lowest BCUT2D eigenvalue weighted by Crippen LogP contribution is -2.31. The second-order valence-electron chi connectivity index (χ2n) is 12.8. The Morgan fingerprint density at radius 3 is 2.74 bits per heavy atom. The van der Waals surface area contributed by atoms with Crippen molar-refractivity contribution >= 4 is 22.5 Å². The van der Waals surface area contributed by atoms with E-state index in [0.717, 1.165) is 61.9 Å². The summed E-state index contributed by atoms with van der Waals surface area (Å²) in [5.41, 5.74) is 3.68. The van der Waals surface area contributed by atoms with E-state index in [2.05, 4.69) is 33.5 Å². The number of halogens is 1. The Labute approximate surface area is 267 Å². The number of likely N-dealkylation sites (tertiary alicyclic amines) is 1. The number of fused-ring (bicyclic) bond motifs is 5. The number of aromatic nitrogens is 1. The predicted molar refractivity (Wildman–Crippen MR) is 178 cm³/mol. The summed E-state index contributed by atoms with van der Waals surface area (Å²) in [6.45, 7) is 3.38. The third kappa shape index (κ3) is 5.49. The van der Waals surface area contributed by atoms with Crippen molar-refractivity contribution < 1.29 is 18.7 Å². The van der Waals surface area contributed by atoms with E-state index in [1.165, 1.54) is 6.07 Å². The first-order valence-electron chi connectivity index (χ1n) is 16.2. The second kappa shape index (κ2) is 12.4. The zero-order valence-electron chi connectivity index (χ0n) is 26.6. The van der Waals surface area contributed by atoms with Crippen molar-refractivity contribution in [3.05, 3.63) is 75.8 Å². The molecule has 9 nitrogen and oxygen atoms in total. The molecule has 1 amide bonds. The number of ether oxygens (including phenoxy) is 2. The molecule has 0 saturated carbocycles. The van der Waals surface area contributed by atoms with Gasteiger partial charge in [-0.3, -0.25) is 9.59 Å². The maximum absolute atomic E-state index is 15.9. The summed E-state index contributed by atoms with van der Waals surface area (Å²) in [5, 5.41) is 6.28. The molecule has 4 heterocycles. The second-order valence-corrected chi connectivity index (χ2v) is 12.8. The Morgan fingerprint density at radius 1 is 1.09 bits per heavy atom. The topological polar surface area (TPSA) is 88.1 Å². The lowest BCUT2D eigenvalue weighted by Gasteiger charge is -2.29. The number of rotatable bonds is 10. The summed E-state index contributed by atoms with van der Waals surface area (Å²) >= 11 is 0. The molecule has 1 saturated heterocycles. The van der Waals surface area contributed by atoms with Crippen molar-refractivity contribution in [2.75, 3.05) is 52.6 Å². The highest BCUT2D eigenvalue weighted by atomic mass is 19.1. The summed E-state index contributed by atoms with van der Waals surface area (Å²) in [6.07, 6.45) is 6.39. The fraction of sp³-hybridized carbons (Fsp3) is 0.389. The Balaban J connectivity index is 1.32. The number of nitrogens with zero attached hydrogens (tertiary/aromatic N) is 3. The van der Waals surface area contributed by atoms with Crippen LogP contribution in [0.5, 0.6) is 17.2 Å².